The molecular weight excluding hydrogens is 436 g/mol. The molecule has 0 aliphatic carbocycles. The number of amides is 2. The summed E-state index contributed by atoms with van der Waals surface area (Å²) in [5.74, 6) is 1.13. The second-order valence-corrected chi connectivity index (χ2v) is 9.67. The Morgan fingerprint density at radius 2 is 1.70 bits per heavy atom. The minimum Gasteiger partial charge on any atom is -0.325 e. The van der Waals surface area contributed by atoms with Crippen molar-refractivity contribution in [2.24, 2.45) is 0 Å². The number of aryl methyl sites for hydroxylation is 1. The predicted octanol–water partition coefficient (Wildman–Crippen LogP) is 4.76. The van der Waals surface area contributed by atoms with Crippen LogP contribution >= 0.6 is 34.9 Å². The molecule has 30 heavy (non-hydrogen) atoms. The molecule has 2 N–H and O–H groups in total. The molecule has 2 amide bonds. The van der Waals surface area contributed by atoms with Crippen LogP contribution in [-0.4, -0.2) is 33.5 Å². The van der Waals surface area contributed by atoms with Gasteiger partial charge in [-0.15, -0.1) is 22.0 Å². The van der Waals surface area contributed by atoms with E-state index in [1.54, 1.807) is 11.8 Å². The summed E-state index contributed by atoms with van der Waals surface area (Å²) < 4.78 is 0.637. The van der Waals surface area contributed by atoms with E-state index < -0.39 is 0 Å². The Morgan fingerprint density at radius 3 is 2.50 bits per heavy atom. The highest BCUT2D eigenvalue weighted by molar-refractivity contribution is 8.01. The smallest absolute Gasteiger partial charge is 0.236 e. The lowest BCUT2D eigenvalue weighted by Gasteiger charge is -2.09. The highest BCUT2D eigenvalue weighted by Crippen LogP contribution is 2.26. The van der Waals surface area contributed by atoms with Crippen LogP contribution in [-0.2, 0) is 15.3 Å². The van der Waals surface area contributed by atoms with E-state index >= 15 is 0 Å². The van der Waals surface area contributed by atoms with Crippen molar-refractivity contribution < 1.29 is 9.59 Å². The van der Waals surface area contributed by atoms with E-state index in [1.165, 1.54) is 28.7 Å². The van der Waals surface area contributed by atoms with Gasteiger partial charge in [-0.3, -0.25) is 14.9 Å². The SMILES string of the molecule is Cc1cccc(NC(=O)CSc2nnc(NC(=O)CSCc3ccccc3)s2)c1C. The summed E-state index contributed by atoms with van der Waals surface area (Å²) in [6.07, 6.45) is 0. The summed E-state index contributed by atoms with van der Waals surface area (Å²) in [4.78, 5) is 24.3. The van der Waals surface area contributed by atoms with Crippen molar-refractivity contribution in [2.75, 3.05) is 22.1 Å². The van der Waals surface area contributed by atoms with Gasteiger partial charge in [0.25, 0.3) is 0 Å². The van der Waals surface area contributed by atoms with Gasteiger partial charge in [-0.05, 0) is 36.6 Å². The Hall–Kier alpha value is -2.36. The lowest BCUT2D eigenvalue weighted by molar-refractivity contribution is -0.114. The fraction of sp³-hybridized carbons (Fsp3) is 0.238. The summed E-state index contributed by atoms with van der Waals surface area (Å²) in [6, 6.07) is 15.8. The van der Waals surface area contributed by atoms with Crippen LogP contribution < -0.4 is 10.6 Å². The minimum atomic E-state index is -0.115. The maximum atomic E-state index is 12.2. The largest absolute Gasteiger partial charge is 0.325 e. The number of nitrogens with one attached hydrogen (secondary N) is 2. The zero-order valence-corrected chi connectivity index (χ0v) is 19.1. The molecule has 0 aliphatic rings. The van der Waals surface area contributed by atoms with Gasteiger partial charge >= 0.3 is 0 Å². The fourth-order valence-electron chi connectivity index (χ4n) is 2.51. The first-order valence-electron chi connectivity index (χ1n) is 9.25. The van der Waals surface area contributed by atoms with Crippen molar-refractivity contribution in [3.8, 4) is 0 Å². The second kappa shape index (κ2) is 11.1. The number of thioether (sulfide) groups is 2. The number of hydrogen-bond donors (Lipinski definition) is 2. The minimum absolute atomic E-state index is 0.105. The summed E-state index contributed by atoms with van der Waals surface area (Å²) in [5, 5.41) is 14.1. The molecular formula is C21H22N4O2S3. The number of carbonyl (C=O) groups excluding carboxylic acids is 2. The maximum absolute atomic E-state index is 12.2. The fourth-order valence-corrected chi connectivity index (χ4v) is 4.87. The van der Waals surface area contributed by atoms with Crippen LogP contribution in [0.4, 0.5) is 10.8 Å². The van der Waals surface area contributed by atoms with E-state index in [2.05, 4.69) is 20.8 Å². The summed E-state index contributed by atoms with van der Waals surface area (Å²) in [6.45, 7) is 3.99. The molecule has 6 nitrogen and oxygen atoms in total. The molecule has 0 saturated carbocycles. The molecule has 156 valence electrons. The average Bonchev–Trinajstić information content (AvgIpc) is 3.18. The van der Waals surface area contributed by atoms with Gasteiger partial charge in [0.15, 0.2) is 4.34 Å². The van der Waals surface area contributed by atoms with E-state index in [1.807, 2.05) is 62.4 Å². The summed E-state index contributed by atoms with van der Waals surface area (Å²) in [7, 11) is 0. The van der Waals surface area contributed by atoms with Gasteiger partial charge in [0.05, 0.1) is 11.5 Å². The monoisotopic (exact) mass is 458 g/mol. The number of hydrogen-bond acceptors (Lipinski definition) is 7. The first-order valence-corrected chi connectivity index (χ1v) is 12.2. The molecule has 1 aromatic heterocycles. The first-order chi connectivity index (χ1) is 14.5. The molecule has 0 bridgehead atoms. The van der Waals surface area contributed by atoms with Crippen LogP contribution in [0.2, 0.25) is 0 Å². The molecule has 3 aromatic rings. The summed E-state index contributed by atoms with van der Waals surface area (Å²) >= 11 is 4.11. The molecule has 2 aromatic carbocycles. The number of benzene rings is 2. The molecule has 9 heteroatoms. The first kappa shape index (κ1) is 22.3. The highest BCUT2D eigenvalue weighted by Gasteiger charge is 2.12. The lowest BCUT2D eigenvalue weighted by Crippen LogP contribution is -2.15. The zero-order chi connectivity index (χ0) is 21.3. The van der Waals surface area contributed by atoms with Gasteiger partial charge in [-0.25, -0.2) is 0 Å². The van der Waals surface area contributed by atoms with Crippen LogP contribution in [0.15, 0.2) is 52.9 Å². The van der Waals surface area contributed by atoms with Crippen molar-refractivity contribution in [1.82, 2.24) is 10.2 Å². The molecule has 0 atom stereocenters. The number of aromatic nitrogens is 2. The van der Waals surface area contributed by atoms with Crippen molar-refractivity contribution in [3.05, 3.63) is 65.2 Å². The molecule has 0 spiro atoms. The van der Waals surface area contributed by atoms with Crippen LogP contribution in [0.5, 0.6) is 0 Å². The normalized spacial score (nSPS) is 10.6. The molecule has 0 saturated heterocycles. The summed E-state index contributed by atoms with van der Waals surface area (Å²) in [5.41, 5.74) is 4.19. The van der Waals surface area contributed by atoms with Gasteiger partial charge in [0.2, 0.25) is 16.9 Å². The standard InChI is InChI=1S/C21H22N4O2S3/c1-14-7-6-10-17(15(14)2)22-19(27)13-29-21-25-24-20(30-21)23-18(26)12-28-11-16-8-4-3-5-9-16/h3-10H,11-13H2,1-2H3,(H,22,27)(H,23,24,26). The van der Waals surface area contributed by atoms with Crippen molar-refractivity contribution in [2.45, 2.75) is 23.9 Å². The van der Waals surface area contributed by atoms with Crippen molar-refractivity contribution in [1.29, 1.82) is 0 Å². The van der Waals surface area contributed by atoms with E-state index in [9.17, 15) is 9.59 Å². The van der Waals surface area contributed by atoms with Crippen molar-refractivity contribution >= 4 is 57.5 Å². The van der Waals surface area contributed by atoms with E-state index in [-0.39, 0.29) is 17.6 Å². The number of carbonyl (C=O) groups is 2. The quantitative estimate of drug-likeness (QED) is 0.355. The molecule has 0 fully saturated rings. The van der Waals surface area contributed by atoms with Crippen molar-refractivity contribution in [3.63, 3.8) is 0 Å². The van der Waals surface area contributed by atoms with Gasteiger partial charge in [-0.1, -0.05) is 65.6 Å². The third-order valence-corrected chi connectivity index (χ3v) is 7.18. The topological polar surface area (TPSA) is 84.0 Å². The third-order valence-electron chi connectivity index (χ3n) is 4.20. The Bertz CT molecular complexity index is 1010. The van der Waals surface area contributed by atoms with Crippen LogP contribution in [0.25, 0.3) is 0 Å². The molecule has 1 heterocycles. The van der Waals surface area contributed by atoms with Gasteiger partial charge in [0, 0.05) is 11.4 Å². The van der Waals surface area contributed by atoms with E-state index in [4.69, 9.17) is 0 Å². The highest BCUT2D eigenvalue weighted by atomic mass is 32.2. The zero-order valence-electron chi connectivity index (χ0n) is 16.7. The Kier molecular flexibility index (Phi) is 8.30. The van der Waals surface area contributed by atoms with Crippen LogP contribution in [0, 0.1) is 13.8 Å². The van der Waals surface area contributed by atoms with Crippen LogP contribution in [0.1, 0.15) is 16.7 Å². The Labute approximate surface area is 188 Å². The van der Waals surface area contributed by atoms with E-state index in [0.717, 1.165) is 22.6 Å². The molecule has 0 unspecified atom stereocenters. The predicted molar refractivity (Wildman–Crippen MR) is 126 cm³/mol. The maximum Gasteiger partial charge on any atom is 0.236 e. The molecule has 0 radical (unpaired) electrons. The number of nitrogens with zero attached hydrogens (tertiary/aromatic N) is 2. The van der Waals surface area contributed by atoms with Gasteiger partial charge < -0.3 is 5.32 Å². The third kappa shape index (κ3) is 6.86. The Morgan fingerprint density at radius 1 is 0.933 bits per heavy atom. The average molecular weight is 459 g/mol. The van der Waals surface area contributed by atoms with E-state index in [0.29, 0.717) is 15.2 Å². The number of rotatable bonds is 9. The molecule has 3 rings (SSSR count). The van der Waals surface area contributed by atoms with Gasteiger partial charge in [-0.2, -0.15) is 0 Å². The van der Waals surface area contributed by atoms with Crippen LogP contribution in [0.3, 0.4) is 0 Å². The molecule has 0 aliphatic heterocycles. The lowest BCUT2D eigenvalue weighted by atomic mass is 10.1. The van der Waals surface area contributed by atoms with Gasteiger partial charge in [0.1, 0.15) is 0 Å². The second-order valence-electron chi connectivity index (χ2n) is 6.48. The number of anilines is 2. The Balaban J connectivity index is 1.40.